The van der Waals surface area contributed by atoms with Gasteiger partial charge in [0.05, 0.1) is 16.3 Å². The van der Waals surface area contributed by atoms with Crippen molar-refractivity contribution >= 4 is 35.1 Å². The Hall–Kier alpha value is -3.19. The summed E-state index contributed by atoms with van der Waals surface area (Å²) in [7, 11) is 0. The van der Waals surface area contributed by atoms with Crippen molar-refractivity contribution in [2.75, 3.05) is 18.0 Å². The number of carbonyl (C=O) groups excluding carboxylic acids is 1. The molecule has 0 atom stereocenters. The van der Waals surface area contributed by atoms with Crippen LogP contribution in [0.5, 0.6) is 0 Å². The van der Waals surface area contributed by atoms with Crippen LogP contribution in [0.1, 0.15) is 33.9 Å². The first-order chi connectivity index (χ1) is 14.6. The number of nitrogens with zero attached hydrogens (tertiary/aromatic N) is 4. The van der Waals surface area contributed by atoms with Crippen LogP contribution in [0.25, 0.3) is 11.8 Å². The highest BCUT2D eigenvalue weighted by Crippen LogP contribution is 2.33. The molecule has 1 aromatic carbocycles. The molecule has 0 unspecified atom stereocenters. The maximum atomic E-state index is 12.5. The minimum atomic E-state index is -0.421. The minimum Gasteiger partial charge on any atom is -0.401 e. The zero-order valence-electron chi connectivity index (χ0n) is 17.0. The van der Waals surface area contributed by atoms with E-state index in [4.69, 9.17) is 9.84 Å². The van der Waals surface area contributed by atoms with Gasteiger partial charge in [0.15, 0.2) is 5.70 Å². The van der Waals surface area contributed by atoms with E-state index >= 15 is 0 Å². The van der Waals surface area contributed by atoms with Crippen molar-refractivity contribution in [1.29, 1.82) is 0 Å². The summed E-state index contributed by atoms with van der Waals surface area (Å²) in [5.41, 5.74) is 3.09. The normalized spacial score (nSPS) is 17.7. The quantitative estimate of drug-likeness (QED) is 0.463. The molecule has 0 amide bonds. The lowest BCUT2D eigenvalue weighted by Crippen LogP contribution is -2.22. The Labute approximate surface area is 179 Å². The summed E-state index contributed by atoms with van der Waals surface area (Å²) in [6, 6.07) is 14.0. The van der Waals surface area contributed by atoms with Gasteiger partial charge in [-0.3, -0.25) is 0 Å². The van der Waals surface area contributed by atoms with Gasteiger partial charge in [0, 0.05) is 23.5 Å². The molecule has 0 aliphatic carbocycles. The van der Waals surface area contributed by atoms with Crippen molar-refractivity contribution in [2.24, 2.45) is 4.99 Å². The molecule has 0 spiro atoms. The number of rotatable bonds is 4. The summed E-state index contributed by atoms with van der Waals surface area (Å²) >= 11 is 1.56. The van der Waals surface area contributed by atoms with Crippen molar-refractivity contribution in [3.8, 4) is 5.69 Å². The molecule has 1 fully saturated rings. The van der Waals surface area contributed by atoms with Crippen molar-refractivity contribution < 1.29 is 9.53 Å². The molecular weight excluding hydrogens is 396 g/mol. The largest absolute Gasteiger partial charge is 0.401 e. The first-order valence-corrected chi connectivity index (χ1v) is 10.9. The predicted octanol–water partition coefficient (Wildman–Crippen LogP) is 4.50. The lowest BCUT2D eigenvalue weighted by Gasteiger charge is -2.20. The monoisotopic (exact) mass is 418 g/mol. The first-order valence-electron chi connectivity index (χ1n) is 10.1. The zero-order chi connectivity index (χ0) is 20.7. The molecular formula is C23H22N4O2S. The second-order valence-electron chi connectivity index (χ2n) is 7.51. The number of hydrogen-bond donors (Lipinski definition) is 0. The van der Waals surface area contributed by atoms with E-state index < -0.39 is 5.97 Å². The van der Waals surface area contributed by atoms with Crippen molar-refractivity contribution in [3.05, 3.63) is 69.2 Å². The molecule has 2 aliphatic rings. The minimum absolute atomic E-state index is 0.312. The number of cyclic esters (lactones) is 1. The molecule has 4 heterocycles. The van der Waals surface area contributed by atoms with Crippen LogP contribution in [0.4, 0.5) is 5.82 Å². The number of ether oxygens (including phenoxy) is 1. The van der Waals surface area contributed by atoms with E-state index in [2.05, 4.69) is 9.89 Å². The van der Waals surface area contributed by atoms with E-state index in [0.717, 1.165) is 58.4 Å². The maximum Gasteiger partial charge on any atom is 0.363 e. The van der Waals surface area contributed by atoms with Crippen molar-refractivity contribution in [1.82, 2.24) is 9.78 Å². The van der Waals surface area contributed by atoms with Gasteiger partial charge in [-0.25, -0.2) is 14.5 Å². The molecule has 1 saturated heterocycles. The van der Waals surface area contributed by atoms with Gasteiger partial charge in [0.1, 0.15) is 5.82 Å². The number of benzene rings is 1. The second kappa shape index (κ2) is 7.57. The Bertz CT molecular complexity index is 1170. The molecule has 6 nitrogen and oxygen atoms in total. The fraction of sp³-hybridized carbons (Fsp3) is 0.261. The predicted molar refractivity (Wildman–Crippen MR) is 119 cm³/mol. The molecule has 0 saturated carbocycles. The highest BCUT2D eigenvalue weighted by molar-refractivity contribution is 7.14. The van der Waals surface area contributed by atoms with Crippen LogP contribution in [0.2, 0.25) is 0 Å². The van der Waals surface area contributed by atoms with Crippen molar-refractivity contribution in [3.63, 3.8) is 0 Å². The molecule has 152 valence electrons. The summed E-state index contributed by atoms with van der Waals surface area (Å²) in [4.78, 5) is 21.4. The fourth-order valence-corrected chi connectivity index (χ4v) is 4.67. The van der Waals surface area contributed by atoms with Gasteiger partial charge in [-0.1, -0.05) is 18.2 Å². The van der Waals surface area contributed by atoms with Crippen LogP contribution in [0.15, 0.2) is 53.2 Å². The van der Waals surface area contributed by atoms with Gasteiger partial charge in [-0.05, 0) is 57.0 Å². The first kappa shape index (κ1) is 18.8. The van der Waals surface area contributed by atoms with Gasteiger partial charge in [-0.15, -0.1) is 11.3 Å². The topological polar surface area (TPSA) is 59.7 Å². The van der Waals surface area contributed by atoms with Crippen molar-refractivity contribution in [2.45, 2.75) is 26.7 Å². The van der Waals surface area contributed by atoms with E-state index in [9.17, 15) is 4.79 Å². The Morgan fingerprint density at radius 3 is 2.53 bits per heavy atom. The van der Waals surface area contributed by atoms with E-state index in [-0.39, 0.29) is 0 Å². The SMILES string of the molecule is Cc1ccc(C2=N/C(=C\c3c(C)nn(-c4ccccc4)c3N3CCCC3)C(=O)O2)s1. The van der Waals surface area contributed by atoms with Gasteiger partial charge < -0.3 is 9.64 Å². The number of hydrogen-bond acceptors (Lipinski definition) is 6. The van der Waals surface area contributed by atoms with Crippen LogP contribution in [0.3, 0.4) is 0 Å². The van der Waals surface area contributed by atoms with Gasteiger partial charge in [0.2, 0.25) is 5.90 Å². The molecule has 2 aromatic heterocycles. The standard InChI is InChI=1S/C23H22N4O2S/c1-15-10-11-20(30-15)21-24-19(23(28)29-21)14-18-16(2)25-27(17-8-4-3-5-9-17)22(18)26-12-6-7-13-26/h3-5,8-11,14H,6-7,12-13H2,1-2H3/b19-14-. The van der Waals surface area contributed by atoms with Crippen LogP contribution in [0, 0.1) is 13.8 Å². The number of para-hydroxylation sites is 1. The average molecular weight is 419 g/mol. The molecule has 2 aliphatic heterocycles. The van der Waals surface area contributed by atoms with E-state index in [1.165, 1.54) is 0 Å². The number of aryl methyl sites for hydroxylation is 2. The van der Waals surface area contributed by atoms with E-state index in [1.807, 2.05) is 67.1 Å². The van der Waals surface area contributed by atoms with Gasteiger partial charge >= 0.3 is 5.97 Å². The second-order valence-corrected chi connectivity index (χ2v) is 8.80. The van der Waals surface area contributed by atoms with E-state index in [0.29, 0.717) is 11.6 Å². The molecule has 30 heavy (non-hydrogen) atoms. The highest BCUT2D eigenvalue weighted by Gasteiger charge is 2.28. The molecule has 0 radical (unpaired) electrons. The number of aliphatic imine (C=N–C) groups is 1. The number of thiophene rings is 1. The summed E-state index contributed by atoms with van der Waals surface area (Å²) in [5, 5.41) is 4.80. The third kappa shape index (κ3) is 3.35. The fourth-order valence-electron chi connectivity index (χ4n) is 3.88. The molecule has 3 aromatic rings. The summed E-state index contributed by atoms with van der Waals surface area (Å²) < 4.78 is 7.43. The highest BCUT2D eigenvalue weighted by atomic mass is 32.1. The van der Waals surface area contributed by atoms with Gasteiger partial charge in [0.25, 0.3) is 0 Å². The number of esters is 1. The summed E-state index contributed by atoms with van der Waals surface area (Å²) in [6.07, 6.45) is 4.12. The smallest absolute Gasteiger partial charge is 0.363 e. The Morgan fingerprint density at radius 1 is 1.07 bits per heavy atom. The van der Waals surface area contributed by atoms with Gasteiger partial charge in [-0.2, -0.15) is 5.10 Å². The summed E-state index contributed by atoms with van der Waals surface area (Å²) in [5.74, 6) is 0.961. The Kier molecular flexibility index (Phi) is 4.75. The van der Waals surface area contributed by atoms with Crippen LogP contribution < -0.4 is 4.90 Å². The maximum absolute atomic E-state index is 12.5. The molecule has 0 bridgehead atoms. The third-order valence-corrected chi connectivity index (χ3v) is 6.33. The molecule has 5 rings (SSSR count). The lowest BCUT2D eigenvalue weighted by molar-refractivity contribution is -0.129. The number of carbonyl (C=O) groups is 1. The van der Waals surface area contributed by atoms with E-state index in [1.54, 1.807) is 11.3 Å². The van der Waals surface area contributed by atoms with Crippen LogP contribution in [-0.2, 0) is 9.53 Å². The Balaban J connectivity index is 1.61. The van der Waals surface area contributed by atoms with Crippen LogP contribution >= 0.6 is 11.3 Å². The number of anilines is 1. The summed E-state index contributed by atoms with van der Waals surface area (Å²) in [6.45, 7) is 5.94. The van der Waals surface area contributed by atoms with Crippen LogP contribution in [-0.4, -0.2) is 34.7 Å². The zero-order valence-corrected chi connectivity index (χ0v) is 17.8. The average Bonchev–Trinajstić information content (AvgIpc) is 3.52. The molecule has 0 N–H and O–H groups in total. The Morgan fingerprint density at radius 2 is 1.83 bits per heavy atom. The number of aromatic nitrogens is 2. The lowest BCUT2D eigenvalue weighted by atomic mass is 10.2. The third-order valence-electron chi connectivity index (χ3n) is 5.34. The molecule has 7 heteroatoms.